The SMILES string of the molecule is CCN(CC)c1ccc(Nc2nc(C)cc(Nc3cccc(C#N)c3)n2)cc1. The number of benzene rings is 2. The zero-order valence-electron chi connectivity index (χ0n) is 16.4. The summed E-state index contributed by atoms with van der Waals surface area (Å²) in [5.74, 6) is 1.19. The van der Waals surface area contributed by atoms with Gasteiger partial charge in [0.1, 0.15) is 5.82 Å². The summed E-state index contributed by atoms with van der Waals surface area (Å²) in [7, 11) is 0. The molecule has 2 N–H and O–H groups in total. The monoisotopic (exact) mass is 372 g/mol. The second-order valence-corrected chi connectivity index (χ2v) is 6.38. The molecule has 0 fully saturated rings. The zero-order chi connectivity index (χ0) is 19.9. The van der Waals surface area contributed by atoms with E-state index in [9.17, 15) is 0 Å². The number of aromatic nitrogens is 2. The molecule has 0 atom stereocenters. The van der Waals surface area contributed by atoms with Gasteiger partial charge in [-0.3, -0.25) is 0 Å². The van der Waals surface area contributed by atoms with Crippen molar-refractivity contribution < 1.29 is 0 Å². The highest BCUT2D eigenvalue weighted by atomic mass is 15.1. The molecule has 0 saturated carbocycles. The van der Waals surface area contributed by atoms with Crippen LogP contribution in [0.4, 0.5) is 28.8 Å². The van der Waals surface area contributed by atoms with Crippen molar-refractivity contribution in [3.8, 4) is 6.07 Å². The van der Waals surface area contributed by atoms with E-state index in [1.807, 2.05) is 37.3 Å². The van der Waals surface area contributed by atoms with Gasteiger partial charge in [0.2, 0.25) is 5.95 Å². The largest absolute Gasteiger partial charge is 0.372 e. The van der Waals surface area contributed by atoms with Crippen molar-refractivity contribution in [1.82, 2.24) is 9.97 Å². The molecule has 142 valence electrons. The Balaban J connectivity index is 1.77. The first kappa shape index (κ1) is 19.2. The molecule has 0 aliphatic carbocycles. The van der Waals surface area contributed by atoms with Crippen LogP contribution in [-0.4, -0.2) is 23.1 Å². The van der Waals surface area contributed by atoms with Crippen molar-refractivity contribution in [1.29, 1.82) is 5.26 Å². The lowest BCUT2D eigenvalue weighted by molar-refractivity contribution is 0.866. The first-order chi connectivity index (χ1) is 13.6. The predicted octanol–water partition coefficient (Wildman–Crippen LogP) is 4.99. The fourth-order valence-electron chi connectivity index (χ4n) is 2.98. The van der Waals surface area contributed by atoms with Crippen LogP contribution in [-0.2, 0) is 0 Å². The van der Waals surface area contributed by atoms with Crippen LogP contribution in [0.1, 0.15) is 25.1 Å². The van der Waals surface area contributed by atoms with Gasteiger partial charge in [0.05, 0.1) is 11.6 Å². The molecule has 0 spiro atoms. The molecule has 3 aromatic rings. The predicted molar refractivity (Wildman–Crippen MR) is 114 cm³/mol. The van der Waals surface area contributed by atoms with Crippen molar-refractivity contribution in [3.63, 3.8) is 0 Å². The summed E-state index contributed by atoms with van der Waals surface area (Å²) in [4.78, 5) is 11.3. The Kier molecular flexibility index (Phi) is 6.07. The van der Waals surface area contributed by atoms with Gasteiger partial charge in [-0.25, -0.2) is 4.98 Å². The smallest absolute Gasteiger partial charge is 0.229 e. The van der Waals surface area contributed by atoms with Crippen molar-refractivity contribution in [2.45, 2.75) is 20.8 Å². The topological polar surface area (TPSA) is 76.9 Å². The van der Waals surface area contributed by atoms with E-state index in [4.69, 9.17) is 5.26 Å². The molecule has 6 nitrogen and oxygen atoms in total. The lowest BCUT2D eigenvalue weighted by atomic mass is 10.2. The van der Waals surface area contributed by atoms with E-state index in [2.05, 4.69) is 57.6 Å². The average molecular weight is 372 g/mol. The van der Waals surface area contributed by atoms with Crippen LogP contribution in [0.2, 0.25) is 0 Å². The molecule has 0 unspecified atom stereocenters. The second-order valence-electron chi connectivity index (χ2n) is 6.38. The molecular formula is C22H24N6. The van der Waals surface area contributed by atoms with E-state index in [1.165, 1.54) is 5.69 Å². The highest BCUT2D eigenvalue weighted by Gasteiger charge is 2.06. The van der Waals surface area contributed by atoms with E-state index in [-0.39, 0.29) is 0 Å². The van der Waals surface area contributed by atoms with Gasteiger partial charge in [-0.2, -0.15) is 10.2 Å². The van der Waals surface area contributed by atoms with E-state index in [0.29, 0.717) is 17.3 Å². The minimum absolute atomic E-state index is 0.523. The highest BCUT2D eigenvalue weighted by Crippen LogP contribution is 2.22. The van der Waals surface area contributed by atoms with Crippen LogP contribution < -0.4 is 15.5 Å². The van der Waals surface area contributed by atoms with Gasteiger partial charge < -0.3 is 15.5 Å². The summed E-state index contributed by atoms with van der Waals surface area (Å²) < 4.78 is 0. The minimum atomic E-state index is 0.523. The Labute approximate surface area is 165 Å². The summed E-state index contributed by atoms with van der Waals surface area (Å²) in [5, 5.41) is 15.5. The van der Waals surface area contributed by atoms with Crippen molar-refractivity contribution >= 4 is 28.8 Å². The van der Waals surface area contributed by atoms with Crippen molar-refractivity contribution in [3.05, 3.63) is 65.9 Å². The summed E-state index contributed by atoms with van der Waals surface area (Å²) in [6.45, 7) is 8.18. The molecule has 0 amide bonds. The van der Waals surface area contributed by atoms with Crippen LogP contribution in [0.25, 0.3) is 0 Å². The summed E-state index contributed by atoms with van der Waals surface area (Å²) >= 11 is 0. The van der Waals surface area contributed by atoms with Gasteiger partial charge in [-0.05, 0) is 63.2 Å². The van der Waals surface area contributed by atoms with Crippen molar-refractivity contribution in [2.24, 2.45) is 0 Å². The van der Waals surface area contributed by atoms with Crippen LogP contribution in [0, 0.1) is 18.3 Å². The first-order valence-corrected chi connectivity index (χ1v) is 9.36. The molecule has 0 bridgehead atoms. The fraction of sp³-hybridized carbons (Fsp3) is 0.227. The van der Waals surface area contributed by atoms with Gasteiger partial charge in [0.25, 0.3) is 0 Å². The zero-order valence-corrected chi connectivity index (χ0v) is 16.4. The average Bonchev–Trinajstić information content (AvgIpc) is 2.70. The Bertz CT molecular complexity index is 971. The number of nitrogens with one attached hydrogen (secondary N) is 2. The molecule has 0 aliphatic heterocycles. The van der Waals surface area contributed by atoms with Crippen LogP contribution in [0.5, 0.6) is 0 Å². The van der Waals surface area contributed by atoms with Gasteiger partial charge in [-0.15, -0.1) is 0 Å². The molecular weight excluding hydrogens is 348 g/mol. The normalized spacial score (nSPS) is 10.2. The molecule has 0 radical (unpaired) electrons. The van der Waals surface area contributed by atoms with E-state index in [0.717, 1.165) is 30.2 Å². The third-order valence-electron chi connectivity index (χ3n) is 4.37. The molecule has 6 heteroatoms. The molecule has 0 aliphatic rings. The van der Waals surface area contributed by atoms with Crippen molar-refractivity contribution in [2.75, 3.05) is 28.6 Å². The number of hydrogen-bond donors (Lipinski definition) is 2. The molecule has 28 heavy (non-hydrogen) atoms. The minimum Gasteiger partial charge on any atom is -0.372 e. The lowest BCUT2D eigenvalue weighted by Gasteiger charge is -2.21. The molecule has 1 aromatic heterocycles. The maximum Gasteiger partial charge on any atom is 0.229 e. The van der Waals surface area contributed by atoms with E-state index in [1.54, 1.807) is 12.1 Å². The van der Waals surface area contributed by atoms with Crippen LogP contribution in [0.15, 0.2) is 54.6 Å². The Morgan fingerprint density at radius 1 is 0.929 bits per heavy atom. The quantitative estimate of drug-likeness (QED) is 0.608. The summed E-state index contributed by atoms with van der Waals surface area (Å²) in [5.41, 5.74) is 4.38. The summed E-state index contributed by atoms with van der Waals surface area (Å²) in [6.07, 6.45) is 0. The van der Waals surface area contributed by atoms with Gasteiger partial charge in [0.15, 0.2) is 0 Å². The fourth-order valence-corrected chi connectivity index (χ4v) is 2.98. The van der Waals surface area contributed by atoms with Crippen LogP contribution in [0.3, 0.4) is 0 Å². The molecule has 3 rings (SSSR count). The molecule has 1 heterocycles. The number of anilines is 5. The Morgan fingerprint density at radius 2 is 1.68 bits per heavy atom. The lowest BCUT2D eigenvalue weighted by Crippen LogP contribution is -2.21. The van der Waals surface area contributed by atoms with Gasteiger partial charge in [0, 0.05) is 41.9 Å². The second kappa shape index (κ2) is 8.87. The Morgan fingerprint density at radius 3 is 2.36 bits per heavy atom. The molecule has 2 aromatic carbocycles. The number of nitriles is 1. The van der Waals surface area contributed by atoms with Gasteiger partial charge in [-0.1, -0.05) is 6.07 Å². The standard InChI is InChI=1S/C22H24N6/c1-4-28(5-2)20-11-9-18(10-12-20)26-22-24-16(3)13-21(27-22)25-19-8-6-7-17(14-19)15-23/h6-14H,4-5H2,1-3H3,(H2,24,25,26,27). The van der Waals surface area contributed by atoms with Gasteiger partial charge >= 0.3 is 0 Å². The maximum absolute atomic E-state index is 9.05. The number of hydrogen-bond acceptors (Lipinski definition) is 6. The first-order valence-electron chi connectivity index (χ1n) is 9.36. The Hall–Kier alpha value is -3.59. The highest BCUT2D eigenvalue weighted by molar-refractivity contribution is 5.63. The molecule has 0 saturated heterocycles. The third-order valence-corrected chi connectivity index (χ3v) is 4.37. The van der Waals surface area contributed by atoms with E-state index >= 15 is 0 Å². The maximum atomic E-state index is 9.05. The number of aryl methyl sites for hydroxylation is 1. The van der Waals surface area contributed by atoms with Crippen LogP contribution >= 0.6 is 0 Å². The van der Waals surface area contributed by atoms with E-state index < -0.39 is 0 Å². The third kappa shape index (κ3) is 4.77. The summed E-state index contributed by atoms with van der Waals surface area (Å²) in [6, 6.07) is 19.6. The number of nitrogens with zero attached hydrogens (tertiary/aromatic N) is 4. The number of rotatable bonds is 7.